The van der Waals surface area contributed by atoms with Crippen LogP contribution >= 0.6 is 0 Å². The van der Waals surface area contributed by atoms with E-state index in [1.807, 2.05) is 0 Å². The van der Waals surface area contributed by atoms with Crippen LogP contribution in [0.25, 0.3) is 15.7 Å². The molecule has 0 heterocycles. The molecule has 0 aliphatic rings. The molecule has 0 spiro atoms. The van der Waals surface area contributed by atoms with Gasteiger partial charge < -0.3 is 5.11 Å². The highest BCUT2D eigenvalue weighted by Crippen LogP contribution is 2.40. The summed E-state index contributed by atoms with van der Waals surface area (Å²) in [5, 5.41) is 28.8. The third kappa shape index (κ3) is 2.11. The van der Waals surface area contributed by atoms with E-state index in [0.717, 1.165) is 18.2 Å². The molecule has 10 heteroatoms. The topological polar surface area (TPSA) is 146 Å². The van der Waals surface area contributed by atoms with Crippen molar-refractivity contribution in [2.75, 3.05) is 0 Å². The minimum absolute atomic E-state index is 0.0641. The summed E-state index contributed by atoms with van der Waals surface area (Å²) in [6.45, 7) is 0. The maximum atomic E-state index is 11.3. The number of aromatic hydroxyl groups is 1. The van der Waals surface area contributed by atoms with Crippen molar-refractivity contribution in [3.05, 3.63) is 39.4 Å². The van der Waals surface area contributed by atoms with Crippen molar-refractivity contribution in [2.24, 2.45) is 0 Å². The van der Waals surface area contributed by atoms with Gasteiger partial charge in [0.1, 0.15) is 4.90 Å². The number of hydrogen-bond donors (Lipinski definition) is 2. The second-order valence-electron chi connectivity index (χ2n) is 3.80. The number of rotatable bonds is 2. The summed E-state index contributed by atoms with van der Waals surface area (Å²) >= 11 is 0. The molecule has 9 nitrogen and oxygen atoms in total. The zero-order valence-corrected chi connectivity index (χ0v) is 10.4. The van der Waals surface area contributed by atoms with E-state index in [9.17, 15) is 23.6 Å². The normalized spacial score (nSPS) is 11.2. The maximum Gasteiger partial charge on any atom is 0.433 e. The minimum atomic E-state index is -4.73. The molecular formula is C10H6N3O6S+. The van der Waals surface area contributed by atoms with Crippen LogP contribution in [0.15, 0.2) is 29.2 Å². The van der Waals surface area contributed by atoms with Gasteiger partial charge in [0.15, 0.2) is 4.98 Å². The van der Waals surface area contributed by atoms with Crippen LogP contribution in [0.4, 0.5) is 11.4 Å². The lowest BCUT2D eigenvalue weighted by Gasteiger charge is -2.03. The molecule has 2 rings (SSSR count). The Bertz CT molecular complexity index is 884. The smallest absolute Gasteiger partial charge is 0.433 e. The summed E-state index contributed by atoms with van der Waals surface area (Å²) in [7, 11) is -4.73. The van der Waals surface area contributed by atoms with E-state index in [1.165, 1.54) is 0 Å². The fourth-order valence-corrected chi connectivity index (χ4v) is 2.49. The van der Waals surface area contributed by atoms with Gasteiger partial charge in [-0.3, -0.25) is 14.7 Å². The minimum Gasteiger partial charge on any atom is -0.501 e. The van der Waals surface area contributed by atoms with Crippen LogP contribution < -0.4 is 0 Å². The summed E-state index contributed by atoms with van der Waals surface area (Å²) in [5.74, 6) is -0.693. The first-order chi connectivity index (χ1) is 9.25. The predicted octanol–water partition coefficient (Wildman–Crippen LogP) is 2.18. The van der Waals surface area contributed by atoms with Gasteiger partial charge in [0.05, 0.1) is 10.3 Å². The first-order valence-corrected chi connectivity index (χ1v) is 6.46. The van der Waals surface area contributed by atoms with Crippen molar-refractivity contribution in [1.82, 2.24) is 0 Å². The third-order valence-electron chi connectivity index (χ3n) is 2.62. The van der Waals surface area contributed by atoms with Crippen molar-refractivity contribution in [3.8, 4) is 5.75 Å². The van der Waals surface area contributed by atoms with E-state index in [4.69, 9.17) is 9.95 Å². The largest absolute Gasteiger partial charge is 0.501 e. The van der Waals surface area contributed by atoms with E-state index < -0.39 is 31.4 Å². The summed E-state index contributed by atoms with van der Waals surface area (Å²) in [6.07, 6.45) is 0. The second-order valence-corrected chi connectivity index (χ2v) is 5.19. The zero-order chi connectivity index (χ0) is 15.1. The van der Waals surface area contributed by atoms with Crippen LogP contribution in [0.5, 0.6) is 5.75 Å². The number of phenols is 1. The molecule has 0 fully saturated rings. The van der Waals surface area contributed by atoms with E-state index in [0.29, 0.717) is 6.07 Å². The zero-order valence-electron chi connectivity index (χ0n) is 9.59. The molecule has 102 valence electrons. The average Bonchev–Trinajstić information content (AvgIpc) is 2.36. The van der Waals surface area contributed by atoms with Crippen LogP contribution in [0, 0.1) is 15.5 Å². The molecule has 20 heavy (non-hydrogen) atoms. The van der Waals surface area contributed by atoms with Crippen molar-refractivity contribution < 1.29 is 23.0 Å². The van der Waals surface area contributed by atoms with Gasteiger partial charge in [0, 0.05) is 23.6 Å². The number of nitrogens with zero attached hydrogens (tertiary/aromatic N) is 3. The molecule has 2 N–H and O–H groups in total. The molecule has 0 unspecified atom stereocenters. The van der Waals surface area contributed by atoms with Crippen LogP contribution in [0.3, 0.4) is 0 Å². The lowest BCUT2D eigenvalue weighted by molar-refractivity contribution is -0.384. The Morgan fingerprint density at radius 2 is 1.90 bits per heavy atom. The van der Waals surface area contributed by atoms with Gasteiger partial charge in [0.25, 0.3) is 15.8 Å². The van der Waals surface area contributed by atoms with Crippen LogP contribution in [0.1, 0.15) is 0 Å². The van der Waals surface area contributed by atoms with Crippen molar-refractivity contribution >= 4 is 32.3 Å². The Labute approximate surface area is 111 Å². The fourth-order valence-electron chi connectivity index (χ4n) is 1.78. The molecule has 0 aliphatic heterocycles. The van der Waals surface area contributed by atoms with Gasteiger partial charge >= 0.3 is 5.69 Å². The lowest BCUT2D eigenvalue weighted by atomic mass is 10.1. The predicted molar refractivity (Wildman–Crippen MR) is 66.8 cm³/mol. The lowest BCUT2D eigenvalue weighted by Crippen LogP contribution is -2.00. The van der Waals surface area contributed by atoms with Crippen molar-refractivity contribution in [2.45, 2.75) is 4.90 Å². The van der Waals surface area contributed by atoms with E-state index in [-0.39, 0.29) is 16.5 Å². The SMILES string of the molecule is N#[N+]c1c(O)cc(S(=O)(=O)O)c2cc([N+](=O)[O-])ccc12. The third-order valence-corrected chi connectivity index (χ3v) is 3.52. The molecule has 0 bridgehead atoms. The molecule has 0 radical (unpaired) electrons. The molecule has 0 saturated heterocycles. The second kappa shape index (κ2) is 4.41. The molecule has 0 aromatic heterocycles. The number of diazo groups is 1. The highest BCUT2D eigenvalue weighted by molar-refractivity contribution is 7.86. The van der Waals surface area contributed by atoms with Gasteiger partial charge in [-0.05, 0) is 6.07 Å². The number of non-ortho nitro benzene ring substituents is 1. The van der Waals surface area contributed by atoms with Gasteiger partial charge in [0.2, 0.25) is 11.1 Å². The Morgan fingerprint density at radius 1 is 1.25 bits per heavy atom. The molecule has 2 aromatic carbocycles. The van der Waals surface area contributed by atoms with Crippen LogP contribution in [-0.2, 0) is 10.1 Å². The van der Waals surface area contributed by atoms with Crippen LogP contribution in [0.2, 0.25) is 0 Å². The highest BCUT2D eigenvalue weighted by atomic mass is 32.2. The van der Waals surface area contributed by atoms with Gasteiger partial charge in [-0.25, -0.2) is 0 Å². The quantitative estimate of drug-likeness (QED) is 0.373. The number of phenolic OH excluding ortho intramolecular Hbond substituents is 1. The van der Waals surface area contributed by atoms with Gasteiger partial charge in [-0.2, -0.15) is 8.42 Å². The van der Waals surface area contributed by atoms with Crippen LogP contribution in [-0.4, -0.2) is 23.0 Å². The standard InChI is InChI=1S/C10H5N3O6S/c11-12-10-6-2-1-5(13(15)16)3-7(6)9(4-8(10)14)20(17,18)19/h1-4H,(H-,14,17,18,19)/p+1. The first kappa shape index (κ1) is 13.7. The maximum absolute atomic E-state index is 11.3. The number of nitro benzene ring substituents is 1. The molecule has 0 aliphatic carbocycles. The Kier molecular flexibility index (Phi) is 3.01. The molecule has 0 saturated carbocycles. The van der Waals surface area contributed by atoms with E-state index >= 15 is 0 Å². The Hall–Kier alpha value is -2.77. The summed E-state index contributed by atoms with van der Waals surface area (Å²) in [6, 6.07) is 3.70. The monoisotopic (exact) mass is 296 g/mol. The van der Waals surface area contributed by atoms with Crippen molar-refractivity contribution in [1.29, 1.82) is 5.39 Å². The first-order valence-electron chi connectivity index (χ1n) is 5.02. The molecule has 0 atom stereocenters. The highest BCUT2D eigenvalue weighted by Gasteiger charge is 2.27. The summed E-state index contributed by atoms with van der Waals surface area (Å²) < 4.78 is 31.6. The van der Waals surface area contributed by atoms with Gasteiger partial charge in [-0.1, -0.05) is 0 Å². The average molecular weight is 296 g/mol. The fraction of sp³-hybridized carbons (Fsp3) is 0. The molecule has 0 amide bonds. The number of fused-ring (bicyclic) bond motifs is 1. The molecule has 2 aromatic rings. The Morgan fingerprint density at radius 3 is 2.40 bits per heavy atom. The number of hydrogen-bond acceptors (Lipinski definition) is 6. The summed E-state index contributed by atoms with van der Waals surface area (Å²) in [4.78, 5) is 12.0. The number of benzene rings is 2. The molecular weight excluding hydrogens is 290 g/mol. The van der Waals surface area contributed by atoms with E-state index in [2.05, 4.69) is 4.98 Å². The summed E-state index contributed by atoms with van der Waals surface area (Å²) in [5.41, 5.74) is -0.778. The van der Waals surface area contributed by atoms with Crippen molar-refractivity contribution in [3.63, 3.8) is 0 Å². The van der Waals surface area contributed by atoms with E-state index in [1.54, 1.807) is 0 Å². The Balaban J connectivity index is 3.04. The van der Waals surface area contributed by atoms with Gasteiger partial charge in [-0.15, -0.1) is 0 Å². The number of nitro groups is 1.